The molecule has 2 rings (SSSR count). The van der Waals surface area contributed by atoms with E-state index in [4.69, 9.17) is 4.74 Å². The second kappa shape index (κ2) is 8.39. The Hall–Kier alpha value is -0.910. The highest BCUT2D eigenvalue weighted by Crippen LogP contribution is 2.16. The zero-order valence-electron chi connectivity index (χ0n) is 12.1. The molecule has 1 saturated heterocycles. The van der Waals surface area contributed by atoms with E-state index < -0.39 is 0 Å². The van der Waals surface area contributed by atoms with Crippen molar-refractivity contribution in [2.75, 3.05) is 19.7 Å². The number of thiophene rings is 1. The van der Waals surface area contributed by atoms with Crippen molar-refractivity contribution >= 4 is 17.2 Å². The maximum absolute atomic E-state index is 11.8. The van der Waals surface area contributed by atoms with Crippen LogP contribution >= 0.6 is 11.3 Å². The second-order valence-corrected chi connectivity index (χ2v) is 6.07. The highest BCUT2D eigenvalue weighted by Gasteiger charge is 2.13. The normalized spacial score (nSPS) is 16.2. The number of hydrogen-bond donors (Lipinski definition) is 2. The van der Waals surface area contributed by atoms with E-state index in [9.17, 15) is 4.79 Å². The number of hydrogen-bond acceptors (Lipinski definition) is 4. The maximum Gasteiger partial charge on any atom is 0.222 e. The van der Waals surface area contributed by atoms with E-state index in [2.05, 4.69) is 29.0 Å². The zero-order valence-corrected chi connectivity index (χ0v) is 12.9. The smallest absolute Gasteiger partial charge is 0.222 e. The summed E-state index contributed by atoms with van der Waals surface area (Å²) in [6.07, 6.45) is 3.91. The molecule has 20 heavy (non-hydrogen) atoms. The van der Waals surface area contributed by atoms with Crippen molar-refractivity contribution in [3.8, 4) is 0 Å². The summed E-state index contributed by atoms with van der Waals surface area (Å²) in [7, 11) is 0. The maximum atomic E-state index is 11.8. The van der Waals surface area contributed by atoms with Crippen LogP contribution in [0.3, 0.4) is 0 Å². The summed E-state index contributed by atoms with van der Waals surface area (Å²) in [5, 5.41) is 8.36. The Morgan fingerprint density at radius 1 is 1.50 bits per heavy atom. The first kappa shape index (κ1) is 15.5. The van der Waals surface area contributed by atoms with Gasteiger partial charge in [0, 0.05) is 11.3 Å². The van der Waals surface area contributed by atoms with Gasteiger partial charge in [0.05, 0.1) is 19.3 Å². The molecular formula is C15H24N2O2S. The fourth-order valence-electron chi connectivity index (χ4n) is 2.38. The second-order valence-electron chi connectivity index (χ2n) is 5.07. The highest BCUT2D eigenvalue weighted by atomic mass is 32.1. The molecule has 1 aromatic rings. The standard InChI is InChI=1S/C15H24N2O2S/c1-2-12-6-10-20-14(12)11-17-15(18)5-9-19-13-3-7-16-8-4-13/h6,10,13,16H,2-5,7-9,11H2,1H3,(H,17,18). The summed E-state index contributed by atoms with van der Waals surface area (Å²) >= 11 is 1.71. The number of amides is 1. The fourth-order valence-corrected chi connectivity index (χ4v) is 3.30. The number of nitrogens with one attached hydrogen (secondary N) is 2. The average Bonchev–Trinajstić information content (AvgIpc) is 2.94. The van der Waals surface area contributed by atoms with Crippen LogP contribution in [0, 0.1) is 0 Å². The third-order valence-electron chi connectivity index (χ3n) is 3.63. The van der Waals surface area contributed by atoms with Crippen molar-refractivity contribution in [2.45, 2.75) is 45.3 Å². The van der Waals surface area contributed by atoms with Crippen LogP contribution in [0.1, 0.15) is 36.6 Å². The fraction of sp³-hybridized carbons (Fsp3) is 0.667. The molecule has 1 aliphatic heterocycles. The first-order valence-electron chi connectivity index (χ1n) is 7.44. The molecule has 2 N–H and O–H groups in total. The minimum atomic E-state index is 0.0781. The van der Waals surface area contributed by atoms with E-state index in [-0.39, 0.29) is 5.91 Å². The van der Waals surface area contributed by atoms with Gasteiger partial charge in [-0.2, -0.15) is 0 Å². The molecule has 0 saturated carbocycles. The lowest BCUT2D eigenvalue weighted by Crippen LogP contribution is -2.33. The molecular weight excluding hydrogens is 272 g/mol. The summed E-state index contributed by atoms with van der Waals surface area (Å²) in [5.74, 6) is 0.0781. The van der Waals surface area contributed by atoms with E-state index in [0.29, 0.717) is 25.7 Å². The van der Waals surface area contributed by atoms with Crippen LogP contribution in [0.2, 0.25) is 0 Å². The van der Waals surface area contributed by atoms with E-state index >= 15 is 0 Å². The van der Waals surface area contributed by atoms with Gasteiger partial charge in [-0.15, -0.1) is 11.3 Å². The summed E-state index contributed by atoms with van der Waals surface area (Å²) in [6.45, 7) is 5.36. The molecule has 1 aromatic heterocycles. The molecule has 1 fully saturated rings. The molecule has 112 valence electrons. The summed E-state index contributed by atoms with van der Waals surface area (Å²) < 4.78 is 5.74. The van der Waals surface area contributed by atoms with Crippen LogP contribution in [-0.2, 0) is 22.5 Å². The molecule has 0 unspecified atom stereocenters. The van der Waals surface area contributed by atoms with Crippen LogP contribution < -0.4 is 10.6 Å². The molecule has 0 spiro atoms. The minimum absolute atomic E-state index is 0.0781. The van der Waals surface area contributed by atoms with Crippen LogP contribution in [0.4, 0.5) is 0 Å². The van der Waals surface area contributed by atoms with Gasteiger partial charge in [-0.25, -0.2) is 0 Å². The third kappa shape index (κ3) is 4.89. The van der Waals surface area contributed by atoms with Crippen molar-refractivity contribution in [3.05, 3.63) is 21.9 Å². The van der Waals surface area contributed by atoms with Gasteiger partial charge in [0.2, 0.25) is 5.91 Å². The molecule has 0 aromatic carbocycles. The van der Waals surface area contributed by atoms with Crippen LogP contribution in [0.15, 0.2) is 11.4 Å². The predicted molar refractivity (Wildman–Crippen MR) is 82.0 cm³/mol. The lowest BCUT2D eigenvalue weighted by molar-refractivity contribution is -0.122. The lowest BCUT2D eigenvalue weighted by Gasteiger charge is -2.22. The third-order valence-corrected chi connectivity index (χ3v) is 4.60. The van der Waals surface area contributed by atoms with Crippen LogP contribution in [0.5, 0.6) is 0 Å². The number of piperidine rings is 1. The number of carbonyl (C=O) groups is 1. The molecule has 2 heterocycles. The van der Waals surface area contributed by atoms with Gasteiger partial charge in [-0.3, -0.25) is 4.79 Å². The summed E-state index contributed by atoms with van der Waals surface area (Å²) in [5.41, 5.74) is 1.33. The number of aryl methyl sites for hydroxylation is 1. The Morgan fingerprint density at radius 3 is 3.05 bits per heavy atom. The quantitative estimate of drug-likeness (QED) is 0.810. The molecule has 0 aliphatic carbocycles. The zero-order chi connectivity index (χ0) is 14.2. The van der Waals surface area contributed by atoms with Crippen molar-refractivity contribution in [1.82, 2.24) is 10.6 Å². The minimum Gasteiger partial charge on any atom is -0.378 e. The number of carbonyl (C=O) groups excluding carboxylic acids is 1. The first-order valence-corrected chi connectivity index (χ1v) is 8.31. The SMILES string of the molecule is CCc1ccsc1CNC(=O)CCOC1CCNCC1. The van der Waals surface area contributed by atoms with Gasteiger partial charge < -0.3 is 15.4 Å². The Balaban J connectivity index is 1.60. The predicted octanol–water partition coefficient (Wildman–Crippen LogP) is 2.09. The van der Waals surface area contributed by atoms with E-state index in [1.165, 1.54) is 10.4 Å². The Bertz CT molecular complexity index is 414. The average molecular weight is 296 g/mol. The van der Waals surface area contributed by atoms with E-state index in [1.807, 2.05) is 0 Å². The Morgan fingerprint density at radius 2 is 2.30 bits per heavy atom. The van der Waals surface area contributed by atoms with Gasteiger partial charge in [-0.1, -0.05) is 6.92 Å². The van der Waals surface area contributed by atoms with Crippen molar-refractivity contribution < 1.29 is 9.53 Å². The molecule has 1 amide bonds. The summed E-state index contributed by atoms with van der Waals surface area (Å²) in [6, 6.07) is 2.13. The molecule has 5 heteroatoms. The molecule has 0 bridgehead atoms. The van der Waals surface area contributed by atoms with E-state index in [1.54, 1.807) is 11.3 Å². The van der Waals surface area contributed by atoms with E-state index in [0.717, 1.165) is 32.4 Å². The first-order chi connectivity index (χ1) is 9.79. The lowest BCUT2D eigenvalue weighted by atomic mass is 10.1. The monoisotopic (exact) mass is 296 g/mol. The Labute approximate surface area is 124 Å². The van der Waals surface area contributed by atoms with Crippen molar-refractivity contribution in [3.63, 3.8) is 0 Å². The molecule has 1 aliphatic rings. The summed E-state index contributed by atoms with van der Waals surface area (Å²) in [4.78, 5) is 13.0. The molecule has 0 atom stereocenters. The van der Waals surface area contributed by atoms with Crippen molar-refractivity contribution in [1.29, 1.82) is 0 Å². The van der Waals surface area contributed by atoms with Gasteiger partial charge in [0.1, 0.15) is 0 Å². The molecule has 0 radical (unpaired) electrons. The topological polar surface area (TPSA) is 50.4 Å². The van der Waals surface area contributed by atoms with Crippen LogP contribution in [-0.4, -0.2) is 31.7 Å². The number of ether oxygens (including phenoxy) is 1. The highest BCUT2D eigenvalue weighted by molar-refractivity contribution is 7.10. The van der Waals surface area contributed by atoms with Crippen LogP contribution in [0.25, 0.3) is 0 Å². The van der Waals surface area contributed by atoms with Gasteiger partial charge in [0.15, 0.2) is 0 Å². The van der Waals surface area contributed by atoms with Gasteiger partial charge >= 0.3 is 0 Å². The Kier molecular flexibility index (Phi) is 6.50. The van der Waals surface area contributed by atoms with Gasteiger partial charge in [-0.05, 0) is 49.4 Å². The largest absolute Gasteiger partial charge is 0.378 e. The van der Waals surface area contributed by atoms with Crippen molar-refractivity contribution in [2.24, 2.45) is 0 Å². The number of rotatable bonds is 7. The molecule has 4 nitrogen and oxygen atoms in total. The van der Waals surface area contributed by atoms with Gasteiger partial charge in [0.25, 0.3) is 0 Å².